The fourth-order valence-corrected chi connectivity index (χ4v) is 5.83. The average Bonchev–Trinajstić information content (AvgIpc) is 2.68. The van der Waals surface area contributed by atoms with Crippen molar-refractivity contribution in [3.63, 3.8) is 0 Å². The van der Waals surface area contributed by atoms with Gasteiger partial charge in [-0.15, -0.1) is 11.8 Å². The van der Waals surface area contributed by atoms with Gasteiger partial charge in [-0.05, 0) is 13.8 Å². The van der Waals surface area contributed by atoms with Crippen LogP contribution in [0.3, 0.4) is 0 Å². The lowest BCUT2D eigenvalue weighted by atomic mass is 10.1. The van der Waals surface area contributed by atoms with E-state index in [-0.39, 0.29) is 5.69 Å². The summed E-state index contributed by atoms with van der Waals surface area (Å²) in [5.41, 5.74) is 1.12. The van der Waals surface area contributed by atoms with Crippen LogP contribution in [0.25, 0.3) is 11.0 Å². The molecule has 0 bridgehead atoms. The van der Waals surface area contributed by atoms with Gasteiger partial charge in [0.25, 0.3) is 0 Å². The summed E-state index contributed by atoms with van der Waals surface area (Å²) in [5, 5.41) is 1.58. The zero-order valence-corrected chi connectivity index (χ0v) is 18.8. The molecule has 0 saturated carbocycles. The average molecular weight is 590 g/mol. The molecule has 1 saturated heterocycles. The first-order valence-electron chi connectivity index (χ1n) is 7.49. The van der Waals surface area contributed by atoms with Gasteiger partial charge in [0, 0.05) is 52.6 Å². The zero-order chi connectivity index (χ0) is 17.2. The maximum Gasteiger partial charge on any atom is 0.360 e. The molecule has 6 nitrogen and oxygen atoms in total. The topological polar surface area (TPSA) is 54.3 Å². The summed E-state index contributed by atoms with van der Waals surface area (Å²) in [6.45, 7) is 5.85. The monoisotopic (exact) mass is 589 g/mol. The molecular weight excluding hydrogens is 576 g/mol. The van der Waals surface area contributed by atoms with E-state index in [1.165, 1.54) is 2.78 Å². The molecule has 1 fully saturated rings. The molecule has 0 N–H and O–H groups in total. The highest BCUT2D eigenvalue weighted by Gasteiger charge is 2.36. The number of rotatable bonds is 0. The van der Waals surface area contributed by atoms with Crippen LogP contribution < -0.4 is 10.6 Å². The van der Waals surface area contributed by atoms with Crippen LogP contribution in [0.1, 0.15) is 12.6 Å². The van der Waals surface area contributed by atoms with E-state index < -0.39 is 0 Å². The van der Waals surface area contributed by atoms with Gasteiger partial charge in [-0.1, -0.05) is 11.6 Å². The van der Waals surface area contributed by atoms with Crippen LogP contribution in [0.2, 0.25) is 5.02 Å². The Morgan fingerprint density at radius 3 is 2.79 bits per heavy atom. The molecule has 24 heavy (non-hydrogen) atoms. The number of hydrogen-bond acceptors (Lipinski definition) is 6. The predicted molar refractivity (Wildman–Crippen MR) is 115 cm³/mol. The van der Waals surface area contributed by atoms with Gasteiger partial charge in [0.1, 0.15) is 5.82 Å². The van der Waals surface area contributed by atoms with Gasteiger partial charge in [0.2, 0.25) is 0 Å². The van der Waals surface area contributed by atoms with Crippen molar-refractivity contribution in [2.75, 3.05) is 23.7 Å². The normalized spacial score (nSPS) is 24.1. The molecule has 2 atom stereocenters. The summed E-state index contributed by atoms with van der Waals surface area (Å²) in [6.07, 6.45) is 0. The summed E-state index contributed by atoms with van der Waals surface area (Å²) >= 11 is 12.7. The molecule has 0 amide bonds. The second kappa shape index (κ2) is 6.39. The minimum absolute atomic E-state index is 0.284. The molecule has 2 unspecified atom stereocenters. The zero-order valence-electron chi connectivity index (χ0n) is 13.0. The molecule has 0 aromatic carbocycles. The number of thioether (sulfide) groups is 1. The Kier molecular flexibility index (Phi) is 4.68. The van der Waals surface area contributed by atoms with E-state index in [1.54, 1.807) is 11.8 Å². The Bertz CT molecular complexity index is 907. The SMILES string of the molecule is Cc1nc2c3c(nc(=O)n2I)N2CC(C)N(I)CC2CSc3c1Cl. The smallest absolute Gasteiger partial charge is 0.349 e. The first-order chi connectivity index (χ1) is 11.4. The van der Waals surface area contributed by atoms with Crippen LogP contribution in [0.15, 0.2) is 9.69 Å². The van der Waals surface area contributed by atoms with Crippen molar-refractivity contribution in [1.29, 1.82) is 0 Å². The number of pyridine rings is 1. The lowest BCUT2D eigenvalue weighted by Crippen LogP contribution is -2.55. The highest BCUT2D eigenvalue weighted by atomic mass is 127. The van der Waals surface area contributed by atoms with E-state index in [0.717, 1.165) is 40.6 Å². The maximum atomic E-state index is 12.4. The molecular formula is C14H14ClI2N5OS. The number of anilines is 1. The number of aromatic nitrogens is 3. The van der Waals surface area contributed by atoms with Crippen molar-refractivity contribution < 1.29 is 0 Å². The Morgan fingerprint density at radius 2 is 2.04 bits per heavy atom. The molecule has 0 aliphatic carbocycles. The van der Waals surface area contributed by atoms with Crippen LogP contribution in [0, 0.1) is 6.92 Å². The number of aryl methyl sites for hydroxylation is 1. The van der Waals surface area contributed by atoms with Crippen molar-refractivity contribution in [1.82, 2.24) is 15.9 Å². The fraction of sp³-hybridized carbons (Fsp3) is 0.500. The van der Waals surface area contributed by atoms with Gasteiger partial charge in [0.15, 0.2) is 5.65 Å². The van der Waals surface area contributed by atoms with Crippen LogP contribution in [0.5, 0.6) is 0 Å². The third-order valence-electron chi connectivity index (χ3n) is 4.48. The minimum atomic E-state index is -0.284. The van der Waals surface area contributed by atoms with Crippen LogP contribution in [-0.2, 0) is 0 Å². The number of hydrogen-bond donors (Lipinski definition) is 0. The standard InChI is InChI=1S/C14H14ClI2N5OS/c1-6-3-20-8(4-21(6)16)5-24-11-9-12(20)19-14(23)22(17)13(9)18-7(2)10(11)15/h6,8H,3-5H2,1-2H3. The Hall–Kier alpha value is 0.150. The van der Waals surface area contributed by atoms with E-state index in [1.807, 2.05) is 29.8 Å². The second-order valence-corrected chi connectivity index (χ2v) is 9.70. The third-order valence-corrected chi connectivity index (χ3v) is 8.52. The van der Waals surface area contributed by atoms with E-state index in [9.17, 15) is 4.79 Å². The summed E-state index contributed by atoms with van der Waals surface area (Å²) in [7, 11) is 0. The van der Waals surface area contributed by atoms with Gasteiger partial charge in [-0.25, -0.2) is 15.7 Å². The number of nitrogens with zero attached hydrogens (tertiary/aromatic N) is 5. The largest absolute Gasteiger partial charge is 0.360 e. The van der Waals surface area contributed by atoms with Crippen molar-refractivity contribution in [3.8, 4) is 0 Å². The van der Waals surface area contributed by atoms with Gasteiger partial charge < -0.3 is 4.90 Å². The van der Waals surface area contributed by atoms with Crippen LogP contribution in [-0.4, -0.2) is 46.8 Å². The molecule has 0 radical (unpaired) electrons. The Morgan fingerprint density at radius 1 is 1.29 bits per heavy atom. The van der Waals surface area contributed by atoms with E-state index in [2.05, 4.69) is 47.8 Å². The molecule has 10 heteroatoms. The van der Waals surface area contributed by atoms with E-state index in [0.29, 0.717) is 22.8 Å². The Labute approximate surface area is 176 Å². The predicted octanol–water partition coefficient (Wildman–Crippen LogP) is 3.29. The lowest BCUT2D eigenvalue weighted by Gasteiger charge is -2.42. The molecule has 128 valence electrons. The summed E-state index contributed by atoms with van der Waals surface area (Å²) < 4.78 is 3.82. The van der Waals surface area contributed by atoms with Gasteiger partial charge >= 0.3 is 5.69 Å². The van der Waals surface area contributed by atoms with Gasteiger partial charge in [-0.3, -0.25) is 0 Å². The third kappa shape index (κ3) is 2.65. The molecule has 4 rings (SSSR count). The molecule has 2 aromatic heterocycles. The highest BCUT2D eigenvalue weighted by Crippen LogP contribution is 2.43. The fourth-order valence-electron chi connectivity index (χ4n) is 3.19. The van der Waals surface area contributed by atoms with Gasteiger partial charge in [0.05, 0.1) is 45.0 Å². The first kappa shape index (κ1) is 17.6. The van der Waals surface area contributed by atoms with Crippen molar-refractivity contribution in [2.45, 2.75) is 30.8 Å². The molecule has 4 heterocycles. The Balaban J connectivity index is 2.05. The summed E-state index contributed by atoms with van der Waals surface area (Å²) in [6, 6.07) is 0.688. The summed E-state index contributed by atoms with van der Waals surface area (Å²) in [4.78, 5) is 24.7. The first-order valence-corrected chi connectivity index (χ1v) is 10.8. The van der Waals surface area contributed by atoms with Crippen LogP contribution >= 0.6 is 69.1 Å². The summed E-state index contributed by atoms with van der Waals surface area (Å²) in [5.74, 6) is 1.65. The molecule has 2 aliphatic rings. The highest BCUT2D eigenvalue weighted by molar-refractivity contribution is 14.1. The lowest BCUT2D eigenvalue weighted by molar-refractivity contribution is 0.322. The maximum absolute atomic E-state index is 12.4. The molecule has 0 spiro atoms. The number of fused-ring (bicyclic) bond motifs is 2. The quantitative estimate of drug-likeness (QED) is 0.348. The molecule has 2 aliphatic heterocycles. The molecule has 2 aromatic rings. The number of piperazine rings is 1. The van der Waals surface area contributed by atoms with Crippen molar-refractivity contribution >= 4 is 85.9 Å². The van der Waals surface area contributed by atoms with Crippen molar-refractivity contribution in [2.24, 2.45) is 0 Å². The van der Waals surface area contributed by atoms with Gasteiger partial charge in [-0.2, -0.15) is 4.98 Å². The van der Waals surface area contributed by atoms with E-state index in [4.69, 9.17) is 11.6 Å². The second-order valence-electron chi connectivity index (χ2n) is 6.09. The minimum Gasteiger partial charge on any atom is -0.349 e. The van der Waals surface area contributed by atoms with Crippen LogP contribution in [0.4, 0.5) is 5.82 Å². The van der Waals surface area contributed by atoms with Crippen molar-refractivity contribution in [3.05, 3.63) is 21.2 Å². The van der Waals surface area contributed by atoms with E-state index >= 15 is 0 Å². The number of halogens is 3.